The van der Waals surface area contributed by atoms with Crippen LogP contribution in [0.1, 0.15) is 76.7 Å². The van der Waals surface area contributed by atoms with Crippen LogP contribution in [0.5, 0.6) is 5.75 Å². The van der Waals surface area contributed by atoms with Crippen molar-refractivity contribution in [1.29, 1.82) is 0 Å². The van der Waals surface area contributed by atoms with E-state index in [2.05, 4.69) is 11.1 Å². The average Bonchev–Trinajstić information content (AvgIpc) is 2.56. The summed E-state index contributed by atoms with van der Waals surface area (Å²) in [4.78, 5) is 0. The predicted octanol–water partition coefficient (Wildman–Crippen LogP) is 6.38. The highest BCUT2D eigenvalue weighted by Gasteiger charge is 2.48. The van der Waals surface area contributed by atoms with E-state index in [1.54, 1.807) is 12.1 Å². The number of benzene rings is 1. The molecule has 1 aromatic rings. The summed E-state index contributed by atoms with van der Waals surface area (Å²) in [7, 11) is -5.63. The standard InChI is InChI=1S/C19H29F3O3S/c1-2-3-4-5-6-7-8-9-10-11-14-17-15-12-13-16-18(17)25-26(23,24)19(20,21)22/h12-13,15-16H,2-11,14H2,1H3. The molecular formula is C19H29F3O3S. The summed E-state index contributed by atoms with van der Waals surface area (Å²) in [6.07, 6.45) is 12.1. The third-order valence-electron chi connectivity index (χ3n) is 4.26. The molecule has 0 N–H and O–H groups in total. The number of halogens is 3. The highest BCUT2D eigenvalue weighted by atomic mass is 32.2. The molecule has 0 atom stereocenters. The maximum absolute atomic E-state index is 12.5. The predicted molar refractivity (Wildman–Crippen MR) is 97.6 cm³/mol. The van der Waals surface area contributed by atoms with Crippen molar-refractivity contribution in [3.8, 4) is 5.75 Å². The first-order valence-electron chi connectivity index (χ1n) is 9.36. The lowest BCUT2D eigenvalue weighted by Gasteiger charge is -2.12. The highest BCUT2D eigenvalue weighted by molar-refractivity contribution is 7.88. The molecule has 0 aliphatic carbocycles. The summed E-state index contributed by atoms with van der Waals surface area (Å²) < 4.78 is 64.0. The molecule has 0 radical (unpaired) electrons. The van der Waals surface area contributed by atoms with Gasteiger partial charge < -0.3 is 4.18 Å². The van der Waals surface area contributed by atoms with E-state index in [-0.39, 0.29) is 5.75 Å². The summed E-state index contributed by atoms with van der Waals surface area (Å²) in [5.74, 6) is -0.235. The van der Waals surface area contributed by atoms with E-state index in [0.717, 1.165) is 25.7 Å². The molecule has 0 unspecified atom stereocenters. The van der Waals surface area contributed by atoms with Crippen molar-refractivity contribution in [1.82, 2.24) is 0 Å². The normalized spacial score (nSPS) is 12.3. The Morgan fingerprint density at radius 1 is 0.846 bits per heavy atom. The Morgan fingerprint density at radius 2 is 1.35 bits per heavy atom. The Labute approximate surface area is 155 Å². The second-order valence-electron chi connectivity index (χ2n) is 6.52. The summed E-state index contributed by atoms with van der Waals surface area (Å²) >= 11 is 0. The van der Waals surface area contributed by atoms with Gasteiger partial charge in [-0.1, -0.05) is 82.9 Å². The van der Waals surface area contributed by atoms with E-state index in [4.69, 9.17) is 0 Å². The van der Waals surface area contributed by atoms with Gasteiger partial charge in [0.15, 0.2) is 0 Å². The number of hydrogen-bond acceptors (Lipinski definition) is 3. The fourth-order valence-electron chi connectivity index (χ4n) is 2.76. The van der Waals surface area contributed by atoms with Gasteiger partial charge in [0, 0.05) is 0 Å². The lowest BCUT2D eigenvalue weighted by Crippen LogP contribution is -2.28. The van der Waals surface area contributed by atoms with Crippen molar-refractivity contribution >= 4 is 10.1 Å². The minimum Gasteiger partial charge on any atom is -0.376 e. The molecule has 150 valence electrons. The second kappa shape index (κ2) is 11.5. The molecule has 0 bridgehead atoms. The molecule has 0 saturated heterocycles. The number of alkyl halides is 3. The first kappa shape index (κ1) is 22.8. The zero-order chi connectivity index (χ0) is 19.5. The molecule has 0 fully saturated rings. The molecule has 0 aliphatic heterocycles. The Bertz CT molecular complexity index is 613. The number of aryl methyl sites for hydroxylation is 1. The lowest BCUT2D eigenvalue weighted by atomic mass is 10.0. The number of unbranched alkanes of at least 4 members (excludes halogenated alkanes) is 9. The first-order valence-corrected chi connectivity index (χ1v) is 10.8. The Hall–Kier alpha value is -1.24. The Balaban J connectivity index is 2.34. The van der Waals surface area contributed by atoms with Crippen LogP contribution in [0.15, 0.2) is 24.3 Å². The number of para-hydroxylation sites is 1. The van der Waals surface area contributed by atoms with Crippen molar-refractivity contribution in [2.24, 2.45) is 0 Å². The SMILES string of the molecule is CCCCCCCCCCCCc1ccccc1OS(=O)(=O)C(F)(F)F. The Morgan fingerprint density at radius 3 is 1.88 bits per heavy atom. The van der Waals surface area contributed by atoms with Gasteiger partial charge in [0.2, 0.25) is 0 Å². The van der Waals surface area contributed by atoms with Gasteiger partial charge in [-0.05, 0) is 24.5 Å². The Kier molecular flexibility index (Phi) is 10.1. The maximum Gasteiger partial charge on any atom is 0.534 e. The molecule has 0 heterocycles. The molecule has 0 amide bonds. The van der Waals surface area contributed by atoms with Gasteiger partial charge >= 0.3 is 15.6 Å². The highest BCUT2D eigenvalue weighted by Crippen LogP contribution is 2.29. The molecule has 1 rings (SSSR count). The molecule has 7 heteroatoms. The largest absolute Gasteiger partial charge is 0.534 e. The fraction of sp³-hybridized carbons (Fsp3) is 0.684. The minimum absolute atomic E-state index is 0.235. The van der Waals surface area contributed by atoms with Crippen LogP contribution >= 0.6 is 0 Å². The van der Waals surface area contributed by atoms with E-state index >= 15 is 0 Å². The third kappa shape index (κ3) is 8.43. The van der Waals surface area contributed by atoms with Crippen molar-refractivity contribution in [3.05, 3.63) is 29.8 Å². The molecule has 0 saturated carbocycles. The van der Waals surface area contributed by atoms with Gasteiger partial charge in [0.1, 0.15) is 5.75 Å². The smallest absolute Gasteiger partial charge is 0.376 e. The van der Waals surface area contributed by atoms with Crippen LogP contribution in [0.3, 0.4) is 0 Å². The van der Waals surface area contributed by atoms with Crippen molar-refractivity contribution in [2.45, 2.75) is 83.1 Å². The summed E-state index contributed by atoms with van der Waals surface area (Å²) in [5, 5.41) is 0. The zero-order valence-corrected chi connectivity index (χ0v) is 16.2. The van der Waals surface area contributed by atoms with Crippen LogP contribution < -0.4 is 4.18 Å². The van der Waals surface area contributed by atoms with Gasteiger partial charge in [-0.2, -0.15) is 21.6 Å². The topological polar surface area (TPSA) is 43.4 Å². The molecule has 1 aromatic carbocycles. The molecule has 26 heavy (non-hydrogen) atoms. The maximum atomic E-state index is 12.5. The van der Waals surface area contributed by atoms with Crippen LogP contribution in [0.4, 0.5) is 13.2 Å². The number of hydrogen-bond donors (Lipinski definition) is 0. The second-order valence-corrected chi connectivity index (χ2v) is 8.06. The summed E-state index contributed by atoms with van der Waals surface area (Å²) in [6.45, 7) is 2.20. The van der Waals surface area contributed by atoms with Crippen LogP contribution in [0, 0.1) is 0 Å². The van der Waals surface area contributed by atoms with E-state index in [0.29, 0.717) is 12.0 Å². The molecule has 3 nitrogen and oxygen atoms in total. The minimum atomic E-state index is -5.63. The first-order chi connectivity index (χ1) is 12.3. The van der Waals surface area contributed by atoms with Crippen molar-refractivity contribution < 1.29 is 25.8 Å². The number of rotatable bonds is 13. The van der Waals surface area contributed by atoms with Crippen LogP contribution in [0.25, 0.3) is 0 Å². The van der Waals surface area contributed by atoms with Crippen molar-refractivity contribution in [2.75, 3.05) is 0 Å². The van der Waals surface area contributed by atoms with Gasteiger partial charge in [0.25, 0.3) is 0 Å². The lowest BCUT2D eigenvalue weighted by molar-refractivity contribution is -0.0500. The van der Waals surface area contributed by atoms with E-state index < -0.39 is 15.6 Å². The van der Waals surface area contributed by atoms with E-state index in [1.807, 2.05) is 0 Å². The van der Waals surface area contributed by atoms with Crippen LogP contribution in [-0.4, -0.2) is 13.9 Å². The fourth-order valence-corrected chi connectivity index (χ4v) is 3.25. The van der Waals surface area contributed by atoms with Gasteiger partial charge in [-0.25, -0.2) is 0 Å². The van der Waals surface area contributed by atoms with Crippen molar-refractivity contribution in [3.63, 3.8) is 0 Å². The average molecular weight is 394 g/mol. The molecule has 0 spiro atoms. The summed E-state index contributed by atoms with van der Waals surface area (Å²) in [5.41, 5.74) is -4.93. The monoisotopic (exact) mass is 394 g/mol. The molecule has 0 aromatic heterocycles. The van der Waals surface area contributed by atoms with Gasteiger partial charge in [0.05, 0.1) is 0 Å². The van der Waals surface area contributed by atoms with Crippen LogP contribution in [-0.2, 0) is 16.5 Å². The van der Waals surface area contributed by atoms with Gasteiger partial charge in [-0.3, -0.25) is 0 Å². The summed E-state index contributed by atoms with van der Waals surface area (Å²) in [6, 6.07) is 5.99. The van der Waals surface area contributed by atoms with E-state index in [1.165, 1.54) is 50.7 Å². The molecule has 0 aliphatic rings. The van der Waals surface area contributed by atoms with Gasteiger partial charge in [-0.15, -0.1) is 0 Å². The van der Waals surface area contributed by atoms with E-state index in [9.17, 15) is 21.6 Å². The molecular weight excluding hydrogens is 365 g/mol. The quantitative estimate of drug-likeness (QED) is 0.221. The zero-order valence-electron chi connectivity index (χ0n) is 15.4. The third-order valence-corrected chi connectivity index (χ3v) is 5.22. The van der Waals surface area contributed by atoms with Crippen LogP contribution in [0.2, 0.25) is 0 Å².